The van der Waals surface area contributed by atoms with Crippen molar-refractivity contribution in [2.24, 2.45) is 0 Å². The zero-order valence-corrected chi connectivity index (χ0v) is 10.1. The van der Waals surface area contributed by atoms with E-state index < -0.39 is 5.60 Å². The lowest BCUT2D eigenvalue weighted by atomic mass is 9.88. The molecule has 2 rings (SSSR count). The number of hydrogen-bond donors (Lipinski definition) is 0. The zero-order chi connectivity index (χ0) is 12.1. The SMILES string of the molecule is [CH2]COC(C)(c1ccccc1)c1ccccc1. The van der Waals surface area contributed by atoms with Crippen LogP contribution in [0.25, 0.3) is 0 Å². The highest BCUT2D eigenvalue weighted by Gasteiger charge is 2.28. The molecule has 0 spiro atoms. The Bertz CT molecular complexity index is 408. The summed E-state index contributed by atoms with van der Waals surface area (Å²) in [7, 11) is 0. The second kappa shape index (κ2) is 5.15. The summed E-state index contributed by atoms with van der Waals surface area (Å²) in [6.45, 7) is 6.33. The van der Waals surface area contributed by atoms with E-state index in [1.54, 1.807) is 0 Å². The van der Waals surface area contributed by atoms with Crippen molar-refractivity contribution in [1.29, 1.82) is 0 Å². The molecule has 0 heterocycles. The Morgan fingerprint density at radius 3 is 1.65 bits per heavy atom. The van der Waals surface area contributed by atoms with Crippen molar-refractivity contribution in [2.45, 2.75) is 12.5 Å². The molecule has 2 aromatic carbocycles. The van der Waals surface area contributed by atoms with Crippen LogP contribution in [-0.2, 0) is 10.3 Å². The Hall–Kier alpha value is -1.60. The molecule has 0 bridgehead atoms. The first kappa shape index (κ1) is 11.9. The highest BCUT2D eigenvalue weighted by atomic mass is 16.5. The third kappa shape index (κ3) is 2.40. The predicted molar refractivity (Wildman–Crippen MR) is 70.6 cm³/mol. The normalized spacial score (nSPS) is 11.4. The number of rotatable bonds is 4. The van der Waals surface area contributed by atoms with Gasteiger partial charge in [0.2, 0.25) is 0 Å². The molecule has 0 aromatic heterocycles. The van der Waals surface area contributed by atoms with Gasteiger partial charge in [-0.25, -0.2) is 0 Å². The molecule has 17 heavy (non-hydrogen) atoms. The molecule has 0 unspecified atom stereocenters. The van der Waals surface area contributed by atoms with Crippen molar-refractivity contribution in [3.63, 3.8) is 0 Å². The average Bonchev–Trinajstić information content (AvgIpc) is 2.41. The van der Waals surface area contributed by atoms with Crippen LogP contribution in [0.3, 0.4) is 0 Å². The van der Waals surface area contributed by atoms with Gasteiger partial charge in [0, 0.05) is 6.61 Å². The van der Waals surface area contributed by atoms with Gasteiger partial charge in [0.1, 0.15) is 5.60 Å². The Kier molecular flexibility index (Phi) is 3.60. The second-order valence-corrected chi connectivity index (χ2v) is 4.11. The van der Waals surface area contributed by atoms with Gasteiger partial charge in [-0.05, 0) is 25.0 Å². The van der Waals surface area contributed by atoms with Gasteiger partial charge in [-0.15, -0.1) is 0 Å². The van der Waals surface area contributed by atoms with Crippen LogP contribution in [0, 0.1) is 6.92 Å². The Morgan fingerprint density at radius 1 is 0.882 bits per heavy atom. The molecule has 0 atom stereocenters. The second-order valence-electron chi connectivity index (χ2n) is 4.11. The van der Waals surface area contributed by atoms with Crippen molar-refractivity contribution in [3.05, 3.63) is 78.7 Å². The number of ether oxygens (including phenoxy) is 1. The molecule has 87 valence electrons. The zero-order valence-electron chi connectivity index (χ0n) is 10.1. The molecule has 0 aliphatic heterocycles. The van der Waals surface area contributed by atoms with Crippen molar-refractivity contribution < 1.29 is 4.74 Å². The minimum atomic E-state index is -0.426. The molecule has 0 saturated carbocycles. The van der Waals surface area contributed by atoms with Gasteiger partial charge >= 0.3 is 0 Å². The van der Waals surface area contributed by atoms with Crippen LogP contribution in [0.15, 0.2) is 60.7 Å². The van der Waals surface area contributed by atoms with E-state index >= 15 is 0 Å². The molecule has 0 amide bonds. The maximum atomic E-state index is 5.89. The molecule has 0 N–H and O–H groups in total. The van der Waals surface area contributed by atoms with Crippen molar-refractivity contribution >= 4 is 0 Å². The molecule has 0 fully saturated rings. The first-order valence-electron chi connectivity index (χ1n) is 5.81. The lowest BCUT2D eigenvalue weighted by molar-refractivity contribution is 0.0129. The predicted octanol–water partition coefficient (Wildman–Crippen LogP) is 3.80. The van der Waals surface area contributed by atoms with Gasteiger partial charge in [-0.2, -0.15) is 0 Å². The Morgan fingerprint density at radius 2 is 1.29 bits per heavy atom. The highest BCUT2D eigenvalue weighted by molar-refractivity contribution is 5.35. The Balaban J connectivity index is 2.47. The van der Waals surface area contributed by atoms with Gasteiger partial charge in [0.25, 0.3) is 0 Å². The Labute approximate surface area is 103 Å². The van der Waals surface area contributed by atoms with E-state index in [1.807, 2.05) is 36.4 Å². The molecule has 0 aliphatic carbocycles. The van der Waals surface area contributed by atoms with Crippen LogP contribution < -0.4 is 0 Å². The maximum absolute atomic E-state index is 5.89. The van der Waals surface area contributed by atoms with Gasteiger partial charge in [-0.3, -0.25) is 0 Å². The topological polar surface area (TPSA) is 9.23 Å². The fraction of sp³-hybridized carbons (Fsp3) is 0.188. The van der Waals surface area contributed by atoms with Gasteiger partial charge in [0.15, 0.2) is 0 Å². The molecular formula is C16H17O. The van der Waals surface area contributed by atoms with Crippen molar-refractivity contribution in [1.82, 2.24) is 0 Å². The van der Waals surface area contributed by atoms with Gasteiger partial charge in [-0.1, -0.05) is 60.7 Å². The number of benzene rings is 2. The molecule has 1 nitrogen and oxygen atoms in total. The summed E-state index contributed by atoms with van der Waals surface area (Å²) in [4.78, 5) is 0. The van der Waals surface area contributed by atoms with E-state index in [-0.39, 0.29) is 0 Å². The van der Waals surface area contributed by atoms with Crippen LogP contribution in [-0.4, -0.2) is 6.61 Å². The summed E-state index contributed by atoms with van der Waals surface area (Å²) >= 11 is 0. The third-order valence-electron chi connectivity index (χ3n) is 3.04. The van der Waals surface area contributed by atoms with E-state index in [0.29, 0.717) is 6.61 Å². The first-order valence-corrected chi connectivity index (χ1v) is 5.81. The van der Waals surface area contributed by atoms with E-state index in [4.69, 9.17) is 4.74 Å². The largest absolute Gasteiger partial charge is 0.366 e. The lowest BCUT2D eigenvalue weighted by Crippen LogP contribution is -2.27. The smallest absolute Gasteiger partial charge is 0.115 e. The van der Waals surface area contributed by atoms with Crippen molar-refractivity contribution in [2.75, 3.05) is 6.61 Å². The number of hydrogen-bond acceptors (Lipinski definition) is 1. The minimum Gasteiger partial charge on any atom is -0.366 e. The first-order chi connectivity index (χ1) is 8.27. The molecular weight excluding hydrogens is 208 g/mol. The van der Waals surface area contributed by atoms with E-state index in [9.17, 15) is 0 Å². The van der Waals surface area contributed by atoms with E-state index in [2.05, 4.69) is 38.1 Å². The van der Waals surface area contributed by atoms with Gasteiger partial charge in [0.05, 0.1) is 0 Å². The highest BCUT2D eigenvalue weighted by Crippen LogP contribution is 2.32. The quantitative estimate of drug-likeness (QED) is 0.769. The summed E-state index contributed by atoms with van der Waals surface area (Å²) in [5.41, 5.74) is 1.87. The molecule has 0 saturated heterocycles. The van der Waals surface area contributed by atoms with Gasteiger partial charge < -0.3 is 4.74 Å². The molecule has 2 aromatic rings. The molecule has 1 heteroatoms. The molecule has 1 radical (unpaired) electrons. The fourth-order valence-electron chi connectivity index (χ4n) is 2.05. The van der Waals surface area contributed by atoms with Crippen LogP contribution in [0.1, 0.15) is 18.1 Å². The summed E-state index contributed by atoms with van der Waals surface area (Å²) in [5, 5.41) is 0. The third-order valence-corrected chi connectivity index (χ3v) is 3.04. The molecule has 0 aliphatic rings. The van der Waals surface area contributed by atoms with E-state index in [0.717, 1.165) is 11.1 Å². The lowest BCUT2D eigenvalue weighted by Gasteiger charge is -2.30. The van der Waals surface area contributed by atoms with Crippen LogP contribution >= 0.6 is 0 Å². The van der Waals surface area contributed by atoms with Crippen LogP contribution in [0.4, 0.5) is 0 Å². The van der Waals surface area contributed by atoms with Crippen molar-refractivity contribution in [3.8, 4) is 0 Å². The van der Waals surface area contributed by atoms with Crippen LogP contribution in [0.5, 0.6) is 0 Å². The summed E-state index contributed by atoms with van der Waals surface area (Å²) in [6, 6.07) is 20.5. The van der Waals surface area contributed by atoms with E-state index in [1.165, 1.54) is 0 Å². The summed E-state index contributed by atoms with van der Waals surface area (Å²) < 4.78 is 5.89. The fourth-order valence-corrected chi connectivity index (χ4v) is 2.05. The summed E-state index contributed by atoms with van der Waals surface area (Å²) in [6.07, 6.45) is 0. The maximum Gasteiger partial charge on any atom is 0.115 e. The standard InChI is InChI=1S/C16H17O/c1-3-17-16(2,14-10-6-4-7-11-14)15-12-8-5-9-13-15/h4-13H,1,3H2,2H3. The van der Waals surface area contributed by atoms with Crippen LogP contribution in [0.2, 0.25) is 0 Å². The minimum absolute atomic E-state index is 0.426. The average molecular weight is 225 g/mol. The summed E-state index contributed by atoms with van der Waals surface area (Å²) in [5.74, 6) is 0. The monoisotopic (exact) mass is 225 g/mol.